The SMILES string of the molecule is CC(=C(CCNc1c2c(nc3cc(Cl)ccc13)CCCC2)SSCc1ccccc1)N(C=O)Cc1ccccc1. The summed E-state index contributed by atoms with van der Waals surface area (Å²) in [6.07, 6.45) is 6.18. The van der Waals surface area contributed by atoms with E-state index in [1.54, 1.807) is 10.8 Å². The molecule has 1 amide bonds. The molecule has 0 saturated carbocycles. The van der Waals surface area contributed by atoms with Crippen LogP contribution in [0.25, 0.3) is 10.9 Å². The van der Waals surface area contributed by atoms with E-state index in [1.807, 2.05) is 52.1 Å². The number of rotatable bonds is 12. The minimum atomic E-state index is 0.556. The van der Waals surface area contributed by atoms with Gasteiger partial charge in [-0.15, -0.1) is 0 Å². The Morgan fingerprint density at radius 1 is 1.00 bits per heavy atom. The number of aromatic nitrogens is 1. The monoisotopic (exact) mass is 587 g/mol. The first-order valence-corrected chi connectivity index (χ1v) is 16.5. The van der Waals surface area contributed by atoms with Gasteiger partial charge in [0, 0.05) is 44.7 Å². The summed E-state index contributed by atoms with van der Waals surface area (Å²) in [5.74, 6) is 0.902. The van der Waals surface area contributed by atoms with E-state index in [0.29, 0.717) is 11.6 Å². The van der Waals surface area contributed by atoms with Crippen molar-refractivity contribution in [2.24, 2.45) is 0 Å². The van der Waals surface area contributed by atoms with Crippen LogP contribution in [-0.4, -0.2) is 22.8 Å². The van der Waals surface area contributed by atoms with Crippen LogP contribution in [0.3, 0.4) is 0 Å². The summed E-state index contributed by atoms with van der Waals surface area (Å²) < 4.78 is 0. The molecule has 1 aromatic heterocycles. The number of halogens is 1. The molecule has 4 nitrogen and oxygen atoms in total. The Hall–Kier alpha value is -2.93. The van der Waals surface area contributed by atoms with E-state index in [0.717, 1.165) is 60.1 Å². The van der Waals surface area contributed by atoms with Crippen molar-refractivity contribution in [3.8, 4) is 0 Å². The molecule has 1 aliphatic rings. The Morgan fingerprint density at radius 2 is 1.73 bits per heavy atom. The fraction of sp³-hybridized carbons (Fsp3) is 0.273. The van der Waals surface area contributed by atoms with Crippen LogP contribution in [0.2, 0.25) is 5.02 Å². The molecule has 1 aliphatic carbocycles. The predicted molar refractivity (Wildman–Crippen MR) is 173 cm³/mol. The predicted octanol–water partition coefficient (Wildman–Crippen LogP) is 9.04. The summed E-state index contributed by atoms with van der Waals surface area (Å²) in [4.78, 5) is 20.2. The number of carbonyl (C=O) groups is 1. The van der Waals surface area contributed by atoms with E-state index in [4.69, 9.17) is 16.6 Å². The lowest BCUT2D eigenvalue weighted by atomic mass is 9.92. The average Bonchev–Trinajstić information content (AvgIpc) is 2.99. The van der Waals surface area contributed by atoms with Crippen molar-refractivity contribution in [1.82, 2.24) is 9.88 Å². The number of fused-ring (bicyclic) bond motifs is 2. The first-order chi connectivity index (χ1) is 19.6. The summed E-state index contributed by atoms with van der Waals surface area (Å²) in [6.45, 7) is 3.38. The standard InChI is InChI=1S/C33H34ClN3OS2/c1-24(37(23-38)21-25-10-4-2-5-11-25)32(40-39-22-26-12-6-3-7-13-26)18-19-35-33-28-14-8-9-15-30(28)36-31-20-27(34)16-17-29(31)33/h2-7,10-13,16-17,20,23H,8-9,14-15,18-19,21-22H2,1H3,(H,35,36). The van der Waals surface area contributed by atoms with E-state index < -0.39 is 0 Å². The minimum absolute atomic E-state index is 0.556. The van der Waals surface area contributed by atoms with Gasteiger partial charge in [-0.25, -0.2) is 0 Å². The molecule has 0 radical (unpaired) electrons. The van der Waals surface area contributed by atoms with Crippen LogP contribution in [0, 0.1) is 0 Å². The van der Waals surface area contributed by atoms with Gasteiger partial charge in [-0.1, -0.05) is 93.9 Å². The molecule has 0 bridgehead atoms. The second-order valence-electron chi connectivity index (χ2n) is 10.0. The van der Waals surface area contributed by atoms with Crippen molar-refractivity contribution in [3.63, 3.8) is 0 Å². The Kier molecular flexibility index (Phi) is 10.1. The van der Waals surface area contributed by atoms with Gasteiger partial charge in [0.2, 0.25) is 6.41 Å². The Balaban J connectivity index is 1.37. The van der Waals surface area contributed by atoms with Crippen LogP contribution >= 0.6 is 33.2 Å². The lowest BCUT2D eigenvalue weighted by molar-refractivity contribution is -0.116. The molecule has 40 heavy (non-hydrogen) atoms. The zero-order valence-corrected chi connectivity index (χ0v) is 25.1. The van der Waals surface area contributed by atoms with E-state index in [-0.39, 0.29) is 0 Å². The highest BCUT2D eigenvalue weighted by molar-refractivity contribution is 8.77. The van der Waals surface area contributed by atoms with Gasteiger partial charge in [-0.2, -0.15) is 0 Å². The number of aryl methyl sites for hydroxylation is 1. The van der Waals surface area contributed by atoms with Gasteiger partial charge >= 0.3 is 0 Å². The summed E-state index contributed by atoms with van der Waals surface area (Å²) in [5.41, 5.74) is 8.07. The van der Waals surface area contributed by atoms with Crippen molar-refractivity contribution in [2.75, 3.05) is 11.9 Å². The topological polar surface area (TPSA) is 45.2 Å². The van der Waals surface area contributed by atoms with Crippen LogP contribution in [0.5, 0.6) is 0 Å². The molecule has 1 N–H and O–H groups in total. The highest BCUT2D eigenvalue weighted by Crippen LogP contribution is 2.39. The molecule has 0 fully saturated rings. The second-order valence-corrected chi connectivity index (χ2v) is 12.8. The third-order valence-electron chi connectivity index (χ3n) is 7.26. The molecule has 0 atom stereocenters. The van der Waals surface area contributed by atoms with Crippen LogP contribution in [0.15, 0.2) is 89.5 Å². The van der Waals surface area contributed by atoms with Gasteiger partial charge in [0.05, 0.1) is 12.1 Å². The maximum Gasteiger partial charge on any atom is 0.214 e. The molecule has 0 saturated heterocycles. The molecule has 5 rings (SSSR count). The summed E-state index contributed by atoms with van der Waals surface area (Å²) in [7, 11) is 3.59. The third kappa shape index (κ3) is 7.22. The minimum Gasteiger partial charge on any atom is -0.384 e. The number of anilines is 1. The maximum atomic E-state index is 12.2. The first kappa shape index (κ1) is 28.6. The Morgan fingerprint density at radius 3 is 2.48 bits per heavy atom. The van der Waals surface area contributed by atoms with Crippen molar-refractivity contribution < 1.29 is 4.79 Å². The van der Waals surface area contributed by atoms with Crippen LogP contribution < -0.4 is 5.32 Å². The molecule has 7 heteroatoms. The normalized spacial score (nSPS) is 13.4. The van der Waals surface area contributed by atoms with E-state index >= 15 is 0 Å². The number of allylic oxidation sites excluding steroid dienone is 1. The number of nitrogens with one attached hydrogen (secondary N) is 1. The Labute approximate surface area is 250 Å². The number of pyridine rings is 1. The number of nitrogens with zero attached hydrogens (tertiary/aromatic N) is 2. The van der Waals surface area contributed by atoms with Gasteiger partial charge in [-0.3, -0.25) is 9.78 Å². The highest BCUT2D eigenvalue weighted by Gasteiger charge is 2.19. The van der Waals surface area contributed by atoms with E-state index in [9.17, 15) is 4.79 Å². The Bertz CT molecular complexity index is 1480. The molecule has 1 heterocycles. The molecule has 0 aliphatic heterocycles. The molecule has 0 unspecified atom stereocenters. The van der Waals surface area contributed by atoms with Gasteiger partial charge in [0.15, 0.2) is 0 Å². The van der Waals surface area contributed by atoms with E-state index in [1.165, 1.54) is 40.3 Å². The fourth-order valence-electron chi connectivity index (χ4n) is 5.10. The van der Waals surface area contributed by atoms with Crippen molar-refractivity contribution in [2.45, 2.75) is 51.3 Å². The molecule has 0 spiro atoms. The smallest absolute Gasteiger partial charge is 0.214 e. The molecule has 4 aromatic rings. The van der Waals surface area contributed by atoms with E-state index in [2.05, 4.69) is 54.7 Å². The maximum absolute atomic E-state index is 12.2. The first-order valence-electron chi connectivity index (χ1n) is 13.8. The van der Waals surface area contributed by atoms with Crippen LogP contribution in [-0.2, 0) is 29.9 Å². The molecular formula is C33H34ClN3OS2. The number of amides is 1. The van der Waals surface area contributed by atoms with Crippen molar-refractivity contribution in [3.05, 3.63) is 117 Å². The largest absolute Gasteiger partial charge is 0.384 e. The van der Waals surface area contributed by atoms with Crippen molar-refractivity contribution in [1.29, 1.82) is 0 Å². The quantitative estimate of drug-likeness (QED) is 0.132. The van der Waals surface area contributed by atoms with Gasteiger partial charge in [0.1, 0.15) is 0 Å². The number of benzene rings is 3. The molecule has 206 valence electrons. The zero-order valence-electron chi connectivity index (χ0n) is 22.7. The summed E-state index contributed by atoms with van der Waals surface area (Å²) in [6, 6.07) is 26.7. The lowest BCUT2D eigenvalue weighted by Gasteiger charge is -2.24. The fourth-order valence-corrected chi connectivity index (χ4v) is 7.85. The molecule has 3 aromatic carbocycles. The number of hydrogen-bond acceptors (Lipinski definition) is 5. The zero-order chi connectivity index (χ0) is 27.7. The van der Waals surface area contributed by atoms with Gasteiger partial charge in [0.25, 0.3) is 0 Å². The highest BCUT2D eigenvalue weighted by atomic mass is 35.5. The van der Waals surface area contributed by atoms with Gasteiger partial charge in [-0.05, 0) is 73.9 Å². The van der Waals surface area contributed by atoms with Gasteiger partial charge < -0.3 is 10.2 Å². The molecular weight excluding hydrogens is 554 g/mol. The number of carbonyl (C=O) groups excluding carboxylic acids is 1. The second kappa shape index (κ2) is 14.1. The average molecular weight is 588 g/mol. The van der Waals surface area contributed by atoms with Crippen molar-refractivity contribution >= 4 is 56.2 Å². The lowest BCUT2D eigenvalue weighted by Crippen LogP contribution is -2.21. The summed E-state index contributed by atoms with van der Waals surface area (Å²) in [5, 5.41) is 5.62. The third-order valence-corrected chi connectivity index (χ3v) is 10.1. The number of hydrogen-bond donors (Lipinski definition) is 1. The van der Waals surface area contributed by atoms with Crippen LogP contribution in [0.4, 0.5) is 5.69 Å². The van der Waals surface area contributed by atoms with Crippen LogP contribution in [0.1, 0.15) is 48.6 Å². The summed E-state index contributed by atoms with van der Waals surface area (Å²) >= 11 is 6.32.